The largest absolute Gasteiger partial charge is 0.211 e. The maximum atomic E-state index is 4.93. The highest BCUT2D eigenvalue weighted by Gasteiger charge is 2.25. The van der Waals surface area contributed by atoms with Crippen LogP contribution < -0.4 is 4.68 Å². The van der Waals surface area contributed by atoms with E-state index < -0.39 is 0 Å². The summed E-state index contributed by atoms with van der Waals surface area (Å²) in [6.45, 7) is 17.9. The summed E-state index contributed by atoms with van der Waals surface area (Å²) in [7, 11) is 0. The van der Waals surface area contributed by atoms with Gasteiger partial charge < -0.3 is 0 Å². The molecule has 0 bridgehead atoms. The van der Waals surface area contributed by atoms with Gasteiger partial charge in [0.05, 0.1) is 0 Å². The van der Waals surface area contributed by atoms with E-state index in [0.29, 0.717) is 23.8 Å². The summed E-state index contributed by atoms with van der Waals surface area (Å²) in [6.07, 6.45) is 0. The molecule has 2 heteroatoms. The Morgan fingerprint density at radius 1 is 0.833 bits per heavy atom. The first kappa shape index (κ1) is 15.1. The van der Waals surface area contributed by atoms with E-state index in [2.05, 4.69) is 66.1 Å². The smallest absolute Gasteiger partial charge is 0.0858 e. The van der Waals surface area contributed by atoms with Crippen LogP contribution in [-0.4, -0.2) is 5.10 Å². The van der Waals surface area contributed by atoms with Crippen LogP contribution in [0.1, 0.15) is 96.1 Å². The second kappa shape index (κ2) is 5.81. The predicted octanol–water partition coefficient (Wildman–Crippen LogP) is 4.32. The van der Waals surface area contributed by atoms with Gasteiger partial charge in [0.1, 0.15) is 5.69 Å². The van der Waals surface area contributed by atoms with Crippen LogP contribution in [0.3, 0.4) is 0 Å². The van der Waals surface area contributed by atoms with Gasteiger partial charge in [-0.2, -0.15) is 0 Å². The highest BCUT2D eigenvalue weighted by molar-refractivity contribution is 5.26. The minimum atomic E-state index is 0.418. The zero-order valence-electron chi connectivity index (χ0n) is 13.3. The topological polar surface area (TPSA) is 16.8 Å². The van der Waals surface area contributed by atoms with Crippen LogP contribution in [0, 0.1) is 0 Å². The molecule has 0 saturated carbocycles. The Labute approximate surface area is 112 Å². The van der Waals surface area contributed by atoms with E-state index in [1.165, 1.54) is 17.0 Å². The van der Waals surface area contributed by atoms with Crippen molar-refractivity contribution in [2.75, 3.05) is 0 Å². The molecule has 0 fully saturated rings. The van der Waals surface area contributed by atoms with E-state index >= 15 is 0 Å². The summed E-state index contributed by atoms with van der Waals surface area (Å²) in [6, 6.07) is 2.79. The molecule has 0 saturated heterocycles. The monoisotopic (exact) mass is 249 g/mol. The first-order valence-corrected chi connectivity index (χ1v) is 7.22. The van der Waals surface area contributed by atoms with Crippen molar-refractivity contribution in [3.05, 3.63) is 23.0 Å². The van der Waals surface area contributed by atoms with Gasteiger partial charge in [-0.3, -0.25) is 0 Å². The Bertz CT molecular complexity index is 330. The van der Waals surface area contributed by atoms with Crippen molar-refractivity contribution in [1.82, 2.24) is 5.10 Å². The molecule has 1 aromatic rings. The molecule has 0 unspecified atom stereocenters. The second-order valence-corrected chi connectivity index (χ2v) is 6.41. The lowest BCUT2D eigenvalue weighted by molar-refractivity contribution is -0.779. The summed E-state index contributed by atoms with van der Waals surface area (Å²) < 4.78 is 2.20. The van der Waals surface area contributed by atoms with Crippen molar-refractivity contribution < 1.29 is 4.68 Å². The van der Waals surface area contributed by atoms with Gasteiger partial charge in [0.2, 0.25) is 5.69 Å². The molecule has 0 N–H and O–H groups in total. The minimum Gasteiger partial charge on any atom is -0.0858 e. The molecule has 0 aromatic carbocycles. The fourth-order valence-corrected chi connectivity index (χ4v) is 2.29. The Kier molecular flexibility index (Phi) is 4.89. The molecule has 1 heterocycles. The molecule has 1 aromatic heterocycles. The van der Waals surface area contributed by atoms with Gasteiger partial charge in [-0.25, -0.2) is 0 Å². The van der Waals surface area contributed by atoms with Gasteiger partial charge in [0.15, 0.2) is 6.04 Å². The lowest BCUT2D eigenvalue weighted by Crippen LogP contribution is -2.46. The Morgan fingerprint density at radius 3 is 1.72 bits per heavy atom. The summed E-state index contributed by atoms with van der Waals surface area (Å²) in [5, 5.41) is 4.93. The maximum Gasteiger partial charge on any atom is 0.211 e. The van der Waals surface area contributed by atoms with E-state index in [0.717, 1.165) is 0 Å². The van der Waals surface area contributed by atoms with Crippen LogP contribution in [0.2, 0.25) is 0 Å². The van der Waals surface area contributed by atoms with Crippen LogP contribution in [0.4, 0.5) is 0 Å². The third-order valence-electron chi connectivity index (χ3n) is 3.33. The third-order valence-corrected chi connectivity index (χ3v) is 3.33. The lowest BCUT2D eigenvalue weighted by Gasteiger charge is -2.17. The molecule has 1 rings (SSSR count). The Morgan fingerprint density at radius 2 is 1.39 bits per heavy atom. The van der Waals surface area contributed by atoms with Crippen molar-refractivity contribution in [2.45, 2.75) is 79.2 Å². The van der Waals surface area contributed by atoms with E-state index in [9.17, 15) is 0 Å². The molecule has 18 heavy (non-hydrogen) atoms. The minimum absolute atomic E-state index is 0.418. The van der Waals surface area contributed by atoms with Crippen LogP contribution in [0.5, 0.6) is 0 Å². The predicted molar refractivity (Wildman–Crippen MR) is 77.1 cm³/mol. The number of nitrogens with zero attached hydrogens (tertiary/aromatic N) is 2. The first-order valence-electron chi connectivity index (χ1n) is 7.22. The zero-order valence-corrected chi connectivity index (χ0v) is 13.3. The SMILES string of the molecule is CC(C)c1cc(C(C)C)[n+](C(C)C)nc1C(C)C. The van der Waals surface area contributed by atoms with Crippen LogP contribution in [0.15, 0.2) is 6.07 Å². The number of hydrogen-bond acceptors (Lipinski definition) is 1. The van der Waals surface area contributed by atoms with Crippen LogP contribution >= 0.6 is 0 Å². The zero-order chi connectivity index (χ0) is 14.0. The quantitative estimate of drug-likeness (QED) is 0.726. The molecule has 0 aliphatic heterocycles. The van der Waals surface area contributed by atoms with E-state index in [1.54, 1.807) is 0 Å². The van der Waals surface area contributed by atoms with E-state index in [-0.39, 0.29) is 0 Å². The maximum absolute atomic E-state index is 4.93. The molecule has 102 valence electrons. The normalized spacial score (nSPS) is 12.2. The molecule has 0 amide bonds. The average molecular weight is 249 g/mol. The summed E-state index contributed by atoms with van der Waals surface area (Å²) >= 11 is 0. The van der Waals surface area contributed by atoms with E-state index in [1.807, 2.05) is 0 Å². The fourth-order valence-electron chi connectivity index (χ4n) is 2.29. The molecular weight excluding hydrogens is 220 g/mol. The first-order chi connectivity index (χ1) is 8.25. The summed E-state index contributed by atoms with van der Waals surface area (Å²) in [5.41, 5.74) is 4.01. The number of hydrogen-bond donors (Lipinski definition) is 0. The highest BCUT2D eigenvalue weighted by Crippen LogP contribution is 2.26. The lowest BCUT2D eigenvalue weighted by atomic mass is 9.93. The fraction of sp³-hybridized carbons (Fsp3) is 0.750. The van der Waals surface area contributed by atoms with Gasteiger partial charge >= 0.3 is 0 Å². The molecule has 0 aliphatic rings. The average Bonchev–Trinajstić information content (AvgIpc) is 2.26. The summed E-state index contributed by atoms with van der Waals surface area (Å²) in [4.78, 5) is 0. The van der Waals surface area contributed by atoms with Crippen molar-refractivity contribution >= 4 is 0 Å². The Balaban J connectivity index is 3.50. The van der Waals surface area contributed by atoms with Crippen LogP contribution in [-0.2, 0) is 0 Å². The number of aromatic nitrogens is 2. The van der Waals surface area contributed by atoms with Crippen molar-refractivity contribution in [3.63, 3.8) is 0 Å². The molecular formula is C16H29N2+. The van der Waals surface area contributed by atoms with Gasteiger partial charge in [-0.1, -0.05) is 46.2 Å². The molecule has 0 radical (unpaired) electrons. The van der Waals surface area contributed by atoms with Gasteiger partial charge in [-0.15, -0.1) is 0 Å². The van der Waals surface area contributed by atoms with Gasteiger partial charge in [0, 0.05) is 17.9 Å². The third kappa shape index (κ3) is 3.09. The van der Waals surface area contributed by atoms with E-state index in [4.69, 9.17) is 5.10 Å². The number of rotatable bonds is 4. The molecule has 0 spiro atoms. The van der Waals surface area contributed by atoms with Crippen molar-refractivity contribution in [3.8, 4) is 0 Å². The highest BCUT2D eigenvalue weighted by atomic mass is 15.3. The van der Waals surface area contributed by atoms with Gasteiger partial charge in [0.25, 0.3) is 0 Å². The molecule has 0 atom stereocenters. The Hall–Kier alpha value is -0.920. The standard InChI is InChI=1S/C16H29N2/c1-10(2)14-9-15(11(3)4)18(13(7)8)17-16(14)12(5)6/h9-13H,1-8H3/q+1. The summed E-state index contributed by atoms with van der Waals surface area (Å²) in [5.74, 6) is 1.53. The van der Waals surface area contributed by atoms with Crippen molar-refractivity contribution in [1.29, 1.82) is 0 Å². The van der Waals surface area contributed by atoms with Crippen molar-refractivity contribution in [2.24, 2.45) is 0 Å². The van der Waals surface area contributed by atoms with Gasteiger partial charge in [-0.05, 0) is 30.4 Å². The molecule has 0 aliphatic carbocycles. The second-order valence-electron chi connectivity index (χ2n) is 6.41. The molecule has 2 nitrogen and oxygen atoms in total. The van der Waals surface area contributed by atoms with Crippen LogP contribution in [0.25, 0.3) is 0 Å².